The summed E-state index contributed by atoms with van der Waals surface area (Å²) in [5.74, 6) is 5.24. The van der Waals surface area contributed by atoms with Crippen molar-refractivity contribution < 1.29 is 4.79 Å². The van der Waals surface area contributed by atoms with Gasteiger partial charge in [0.1, 0.15) is 5.78 Å². The van der Waals surface area contributed by atoms with Crippen molar-refractivity contribution in [2.24, 2.45) is 0 Å². The van der Waals surface area contributed by atoms with Crippen molar-refractivity contribution in [1.29, 1.82) is 5.26 Å². The van der Waals surface area contributed by atoms with Crippen molar-refractivity contribution in [2.45, 2.75) is 19.8 Å². The Balaban J connectivity index is 2.65. The van der Waals surface area contributed by atoms with Crippen molar-refractivity contribution in [3.05, 3.63) is 35.4 Å². The summed E-state index contributed by atoms with van der Waals surface area (Å²) in [6, 6.07) is 9.36. The van der Waals surface area contributed by atoms with Crippen molar-refractivity contribution >= 4 is 5.78 Å². The first kappa shape index (κ1) is 11.0. The van der Waals surface area contributed by atoms with Crippen LogP contribution in [0.2, 0.25) is 0 Å². The lowest BCUT2D eigenvalue weighted by Crippen LogP contribution is -1.93. The molecule has 0 radical (unpaired) electrons. The normalized spacial score (nSPS) is 8.53. The second-order valence-corrected chi connectivity index (χ2v) is 3.26. The Bertz CT molecular complexity index is 440. The average molecular weight is 197 g/mol. The first-order valence-corrected chi connectivity index (χ1v) is 4.71. The number of carbonyl (C=O) groups excluding carboxylic acids is 1. The zero-order valence-electron chi connectivity index (χ0n) is 8.58. The van der Waals surface area contributed by atoms with E-state index in [9.17, 15) is 4.79 Å². The molecule has 1 aromatic carbocycles. The molecule has 2 heteroatoms. The monoisotopic (exact) mass is 197 g/mol. The van der Waals surface area contributed by atoms with Crippen LogP contribution in [0.5, 0.6) is 0 Å². The average Bonchev–Trinajstić information content (AvgIpc) is 2.25. The molecule has 2 nitrogen and oxygen atoms in total. The molecule has 0 aliphatic rings. The Kier molecular flexibility index (Phi) is 4.13. The summed E-state index contributed by atoms with van der Waals surface area (Å²) in [6.07, 6.45) is 1.34. The third-order valence-electron chi connectivity index (χ3n) is 1.98. The number of nitriles is 1. The lowest BCUT2D eigenvalue weighted by atomic mass is 10.1. The second kappa shape index (κ2) is 5.62. The minimum atomic E-state index is 0.198. The lowest BCUT2D eigenvalue weighted by Gasteiger charge is -1.98. The van der Waals surface area contributed by atoms with Gasteiger partial charge in [0.2, 0.25) is 0 Å². The minimum Gasteiger partial charge on any atom is -0.300 e. The molecule has 0 atom stereocenters. The van der Waals surface area contributed by atoms with Gasteiger partial charge >= 0.3 is 0 Å². The third-order valence-corrected chi connectivity index (χ3v) is 1.98. The standard InChI is InChI=1S/C13H11NO/c1-11(15)4-5-13-8-6-12(7-9-13)3-2-10-14/h6-9H,4-5H2,1H3. The number of hydrogen-bond acceptors (Lipinski definition) is 2. The van der Waals surface area contributed by atoms with Crippen LogP contribution in [0, 0.1) is 23.2 Å². The SMILES string of the molecule is CC(=O)CCc1ccc(C#CC#N)cc1. The van der Waals surface area contributed by atoms with E-state index < -0.39 is 0 Å². The van der Waals surface area contributed by atoms with Crippen molar-refractivity contribution in [3.63, 3.8) is 0 Å². The van der Waals surface area contributed by atoms with E-state index in [0.29, 0.717) is 6.42 Å². The van der Waals surface area contributed by atoms with E-state index in [1.807, 2.05) is 24.3 Å². The Morgan fingerprint density at radius 3 is 2.53 bits per heavy atom. The van der Waals surface area contributed by atoms with Gasteiger partial charge in [-0.2, -0.15) is 5.26 Å². The Labute approximate surface area is 89.5 Å². The molecule has 0 saturated heterocycles. The highest BCUT2D eigenvalue weighted by Crippen LogP contribution is 2.06. The molecule has 0 amide bonds. The molecule has 0 spiro atoms. The fraction of sp³-hybridized carbons (Fsp3) is 0.231. The summed E-state index contributed by atoms with van der Waals surface area (Å²) in [7, 11) is 0. The lowest BCUT2D eigenvalue weighted by molar-refractivity contribution is -0.116. The first-order valence-electron chi connectivity index (χ1n) is 4.71. The second-order valence-electron chi connectivity index (χ2n) is 3.26. The van der Waals surface area contributed by atoms with Gasteiger partial charge in [-0.3, -0.25) is 0 Å². The van der Waals surface area contributed by atoms with Crippen LogP contribution in [0.15, 0.2) is 24.3 Å². The molecule has 0 aliphatic carbocycles. The van der Waals surface area contributed by atoms with E-state index in [0.717, 1.165) is 17.5 Å². The number of benzene rings is 1. The Morgan fingerprint density at radius 2 is 2.00 bits per heavy atom. The van der Waals surface area contributed by atoms with Crippen molar-refractivity contribution in [2.75, 3.05) is 0 Å². The van der Waals surface area contributed by atoms with Crippen molar-refractivity contribution in [1.82, 2.24) is 0 Å². The summed E-state index contributed by atoms with van der Waals surface area (Å²) in [5, 5.41) is 8.27. The van der Waals surface area contributed by atoms with E-state index in [-0.39, 0.29) is 5.78 Å². The highest BCUT2D eigenvalue weighted by Gasteiger charge is 1.96. The van der Waals surface area contributed by atoms with Crippen LogP contribution >= 0.6 is 0 Å². The summed E-state index contributed by atoms with van der Waals surface area (Å²) < 4.78 is 0. The molecule has 0 fully saturated rings. The molecule has 0 aliphatic heterocycles. The van der Waals surface area contributed by atoms with E-state index >= 15 is 0 Å². The number of ketones is 1. The fourth-order valence-electron chi connectivity index (χ4n) is 1.18. The maximum atomic E-state index is 10.8. The molecule has 1 rings (SSSR count). The topological polar surface area (TPSA) is 40.9 Å². The number of aryl methyl sites for hydroxylation is 1. The third kappa shape index (κ3) is 4.11. The van der Waals surface area contributed by atoms with Gasteiger partial charge in [-0.25, -0.2) is 0 Å². The first-order chi connectivity index (χ1) is 7.22. The zero-order valence-corrected chi connectivity index (χ0v) is 8.58. The minimum absolute atomic E-state index is 0.198. The van der Waals surface area contributed by atoms with Crippen LogP contribution in [0.4, 0.5) is 0 Å². The van der Waals surface area contributed by atoms with Gasteiger partial charge < -0.3 is 4.79 Å². The molecule has 0 N–H and O–H groups in total. The molecule has 0 aromatic heterocycles. The number of carbonyl (C=O) groups is 1. The molecular formula is C13H11NO. The summed E-state index contributed by atoms with van der Waals surface area (Å²) >= 11 is 0. The number of hydrogen-bond donors (Lipinski definition) is 0. The van der Waals surface area contributed by atoms with Crippen LogP contribution in [-0.4, -0.2) is 5.78 Å². The quantitative estimate of drug-likeness (QED) is 0.696. The van der Waals surface area contributed by atoms with Gasteiger partial charge in [0.05, 0.1) is 0 Å². The molecule has 0 unspecified atom stereocenters. The fourth-order valence-corrected chi connectivity index (χ4v) is 1.18. The van der Waals surface area contributed by atoms with Crippen LogP contribution in [0.25, 0.3) is 0 Å². The summed E-state index contributed by atoms with van der Waals surface area (Å²) in [6.45, 7) is 1.59. The molecule has 15 heavy (non-hydrogen) atoms. The van der Waals surface area contributed by atoms with Crippen molar-refractivity contribution in [3.8, 4) is 17.9 Å². The maximum absolute atomic E-state index is 10.8. The van der Waals surface area contributed by atoms with Gasteiger partial charge in [0, 0.05) is 17.9 Å². The highest BCUT2D eigenvalue weighted by atomic mass is 16.1. The molecule has 74 valence electrons. The van der Waals surface area contributed by atoms with E-state index in [1.165, 1.54) is 0 Å². The summed E-state index contributed by atoms with van der Waals surface area (Å²) in [5.41, 5.74) is 1.94. The van der Waals surface area contributed by atoms with E-state index in [1.54, 1.807) is 13.0 Å². The predicted octanol–water partition coefficient (Wildman–Crippen LogP) is 2.08. The molecule has 0 bridgehead atoms. The Hall–Kier alpha value is -2.06. The number of Topliss-reactive ketones (excluding diaryl/α,β-unsaturated/α-hetero) is 1. The van der Waals surface area contributed by atoms with Gasteiger partial charge in [-0.05, 0) is 31.0 Å². The van der Waals surface area contributed by atoms with Crippen LogP contribution in [-0.2, 0) is 11.2 Å². The zero-order chi connectivity index (χ0) is 11.1. The van der Waals surface area contributed by atoms with Crippen LogP contribution < -0.4 is 0 Å². The highest BCUT2D eigenvalue weighted by molar-refractivity contribution is 5.75. The molecule has 0 saturated carbocycles. The molecular weight excluding hydrogens is 186 g/mol. The van der Waals surface area contributed by atoms with Gasteiger partial charge in [0.15, 0.2) is 6.07 Å². The van der Waals surface area contributed by atoms with E-state index in [4.69, 9.17) is 5.26 Å². The number of rotatable bonds is 3. The largest absolute Gasteiger partial charge is 0.300 e. The Morgan fingerprint density at radius 1 is 1.33 bits per heavy atom. The van der Waals surface area contributed by atoms with Gasteiger partial charge in [-0.15, -0.1) is 0 Å². The maximum Gasteiger partial charge on any atom is 0.152 e. The van der Waals surface area contributed by atoms with Crippen LogP contribution in [0.3, 0.4) is 0 Å². The predicted molar refractivity (Wildman–Crippen MR) is 57.9 cm³/mol. The van der Waals surface area contributed by atoms with E-state index in [2.05, 4.69) is 11.8 Å². The molecule has 0 heterocycles. The van der Waals surface area contributed by atoms with Gasteiger partial charge in [0.25, 0.3) is 0 Å². The van der Waals surface area contributed by atoms with Crippen LogP contribution in [0.1, 0.15) is 24.5 Å². The smallest absolute Gasteiger partial charge is 0.152 e. The summed E-state index contributed by atoms with van der Waals surface area (Å²) in [4.78, 5) is 10.8. The molecule has 1 aromatic rings. The van der Waals surface area contributed by atoms with Gasteiger partial charge in [-0.1, -0.05) is 18.1 Å². The number of nitrogens with zero attached hydrogens (tertiary/aromatic N) is 1.